The number of hydrogen-bond donors (Lipinski definition) is 1. The number of nitrogens with one attached hydrogen (secondary N) is 1. The number of benzene rings is 2. The molecule has 0 fully saturated rings. The Bertz CT molecular complexity index is 787. The summed E-state index contributed by atoms with van der Waals surface area (Å²) in [4.78, 5) is 0. The van der Waals surface area contributed by atoms with Crippen LogP contribution in [0.4, 0.5) is 11.7 Å². The van der Waals surface area contributed by atoms with Crippen LogP contribution < -0.4 is 10.1 Å². The van der Waals surface area contributed by atoms with Gasteiger partial charge in [-0.15, -0.1) is 5.10 Å². The molecule has 1 aromatic heterocycles. The Labute approximate surface area is 139 Å². The lowest BCUT2D eigenvalue weighted by molar-refractivity contribution is 0.190. The van der Waals surface area contributed by atoms with Crippen LogP contribution in [-0.4, -0.2) is 10.2 Å². The molecule has 0 amide bonds. The molecule has 0 saturated heterocycles. The average molecular weight is 330 g/mol. The Morgan fingerprint density at radius 3 is 2.65 bits per heavy atom. The fourth-order valence-corrected chi connectivity index (χ4v) is 2.19. The van der Waals surface area contributed by atoms with Gasteiger partial charge in [0.2, 0.25) is 0 Å². The molecule has 3 aromatic rings. The predicted octanol–water partition coefficient (Wildman–Crippen LogP) is 4.92. The molecule has 6 heteroatoms. The first-order valence-electron chi connectivity index (χ1n) is 7.19. The van der Waals surface area contributed by atoms with Crippen molar-refractivity contribution in [1.29, 1.82) is 0 Å². The molecule has 0 radical (unpaired) electrons. The molecule has 0 aliphatic carbocycles. The van der Waals surface area contributed by atoms with Crippen LogP contribution in [0.5, 0.6) is 5.75 Å². The Morgan fingerprint density at radius 2 is 1.91 bits per heavy atom. The topological polar surface area (TPSA) is 60.2 Å². The van der Waals surface area contributed by atoms with E-state index >= 15 is 0 Å². The second-order valence-electron chi connectivity index (χ2n) is 5.15. The van der Waals surface area contributed by atoms with E-state index < -0.39 is 0 Å². The van der Waals surface area contributed by atoms with Crippen LogP contribution in [-0.2, 0) is 0 Å². The third kappa shape index (κ3) is 4.02. The highest BCUT2D eigenvalue weighted by Crippen LogP contribution is 2.24. The number of hydrogen-bond acceptors (Lipinski definition) is 5. The molecule has 1 atom stereocenters. The molecule has 0 aliphatic heterocycles. The van der Waals surface area contributed by atoms with Crippen molar-refractivity contribution in [2.75, 3.05) is 5.32 Å². The SMILES string of the molecule is Cc1cccc(Nc2nnc(C(C)Oc3ccc(Cl)cc3)o2)c1. The first-order valence-corrected chi connectivity index (χ1v) is 7.57. The van der Waals surface area contributed by atoms with Crippen molar-refractivity contribution >= 4 is 23.3 Å². The van der Waals surface area contributed by atoms with Crippen molar-refractivity contribution in [2.45, 2.75) is 20.0 Å². The van der Waals surface area contributed by atoms with E-state index in [0.717, 1.165) is 11.3 Å². The Kier molecular flexibility index (Phi) is 4.48. The summed E-state index contributed by atoms with van der Waals surface area (Å²) in [5, 5.41) is 11.7. The van der Waals surface area contributed by atoms with Crippen LogP contribution in [0, 0.1) is 6.92 Å². The lowest BCUT2D eigenvalue weighted by Crippen LogP contribution is -2.03. The van der Waals surface area contributed by atoms with Crippen molar-refractivity contribution in [3.8, 4) is 5.75 Å². The Balaban J connectivity index is 1.67. The van der Waals surface area contributed by atoms with Crippen molar-refractivity contribution in [1.82, 2.24) is 10.2 Å². The van der Waals surface area contributed by atoms with Gasteiger partial charge in [0, 0.05) is 10.7 Å². The van der Waals surface area contributed by atoms with Gasteiger partial charge in [0.05, 0.1) is 0 Å². The fraction of sp³-hybridized carbons (Fsp3) is 0.176. The van der Waals surface area contributed by atoms with Crippen LogP contribution in [0.2, 0.25) is 5.02 Å². The number of rotatable bonds is 5. The van der Waals surface area contributed by atoms with E-state index in [-0.39, 0.29) is 6.10 Å². The lowest BCUT2D eigenvalue weighted by Gasteiger charge is -2.10. The van der Waals surface area contributed by atoms with Crippen molar-refractivity contribution < 1.29 is 9.15 Å². The highest BCUT2D eigenvalue weighted by Gasteiger charge is 2.16. The summed E-state index contributed by atoms with van der Waals surface area (Å²) >= 11 is 5.85. The summed E-state index contributed by atoms with van der Waals surface area (Å²) in [6, 6.07) is 15.4. The number of aromatic nitrogens is 2. The molecule has 1 N–H and O–H groups in total. The van der Waals surface area contributed by atoms with Crippen LogP contribution in [0.1, 0.15) is 24.5 Å². The number of anilines is 2. The standard InChI is InChI=1S/C17H16ClN3O2/c1-11-4-3-5-14(10-11)19-17-21-20-16(23-17)12(2)22-15-8-6-13(18)7-9-15/h3-10,12H,1-2H3,(H,19,21). The summed E-state index contributed by atoms with van der Waals surface area (Å²) in [6.07, 6.45) is -0.364. The van der Waals surface area contributed by atoms with Gasteiger partial charge in [0.25, 0.3) is 5.89 Å². The summed E-state index contributed by atoms with van der Waals surface area (Å²) in [5.74, 6) is 1.09. The summed E-state index contributed by atoms with van der Waals surface area (Å²) in [7, 11) is 0. The van der Waals surface area contributed by atoms with E-state index in [2.05, 4.69) is 15.5 Å². The van der Waals surface area contributed by atoms with E-state index in [1.807, 2.05) is 38.1 Å². The van der Waals surface area contributed by atoms with Gasteiger partial charge in [-0.3, -0.25) is 0 Å². The molecular weight excluding hydrogens is 314 g/mol. The Hall–Kier alpha value is -2.53. The number of nitrogens with zero attached hydrogens (tertiary/aromatic N) is 2. The summed E-state index contributed by atoms with van der Waals surface area (Å²) in [6.45, 7) is 3.87. The summed E-state index contributed by atoms with van der Waals surface area (Å²) in [5.41, 5.74) is 2.04. The number of ether oxygens (including phenoxy) is 1. The Morgan fingerprint density at radius 1 is 1.13 bits per heavy atom. The fourth-order valence-electron chi connectivity index (χ4n) is 2.06. The first kappa shape index (κ1) is 15.4. The molecule has 0 aliphatic rings. The minimum atomic E-state index is -0.364. The third-order valence-corrected chi connectivity index (χ3v) is 3.44. The van der Waals surface area contributed by atoms with Gasteiger partial charge < -0.3 is 14.5 Å². The molecule has 0 saturated carbocycles. The molecule has 1 unspecified atom stereocenters. The van der Waals surface area contributed by atoms with E-state index in [1.165, 1.54) is 0 Å². The maximum absolute atomic E-state index is 5.85. The minimum absolute atomic E-state index is 0.331. The normalized spacial score (nSPS) is 12.0. The summed E-state index contributed by atoms with van der Waals surface area (Å²) < 4.78 is 11.4. The lowest BCUT2D eigenvalue weighted by atomic mass is 10.2. The molecule has 5 nitrogen and oxygen atoms in total. The van der Waals surface area contributed by atoms with E-state index in [0.29, 0.717) is 22.7 Å². The van der Waals surface area contributed by atoms with E-state index in [9.17, 15) is 0 Å². The predicted molar refractivity (Wildman–Crippen MR) is 89.3 cm³/mol. The highest BCUT2D eigenvalue weighted by molar-refractivity contribution is 6.30. The molecule has 0 bridgehead atoms. The average Bonchev–Trinajstić information content (AvgIpc) is 2.98. The van der Waals surface area contributed by atoms with Gasteiger partial charge in [-0.2, -0.15) is 0 Å². The van der Waals surface area contributed by atoms with Gasteiger partial charge in [-0.05, 0) is 55.8 Å². The van der Waals surface area contributed by atoms with Gasteiger partial charge >= 0.3 is 6.01 Å². The van der Waals surface area contributed by atoms with Crippen molar-refractivity contribution in [3.05, 3.63) is 65.0 Å². The molecule has 3 rings (SSSR count). The van der Waals surface area contributed by atoms with Gasteiger partial charge in [-0.25, -0.2) is 0 Å². The first-order chi connectivity index (χ1) is 11.1. The van der Waals surface area contributed by atoms with Crippen molar-refractivity contribution in [3.63, 3.8) is 0 Å². The number of aryl methyl sites for hydroxylation is 1. The smallest absolute Gasteiger partial charge is 0.320 e. The zero-order valence-corrected chi connectivity index (χ0v) is 13.5. The monoisotopic (exact) mass is 329 g/mol. The van der Waals surface area contributed by atoms with Gasteiger partial charge in [0.1, 0.15) is 5.75 Å². The zero-order valence-electron chi connectivity index (χ0n) is 12.8. The zero-order chi connectivity index (χ0) is 16.2. The van der Waals surface area contributed by atoms with Crippen LogP contribution >= 0.6 is 11.6 Å². The quantitative estimate of drug-likeness (QED) is 0.720. The molecule has 118 valence electrons. The molecular formula is C17H16ClN3O2. The maximum Gasteiger partial charge on any atom is 0.320 e. The van der Waals surface area contributed by atoms with Crippen LogP contribution in [0.3, 0.4) is 0 Å². The largest absolute Gasteiger partial charge is 0.481 e. The van der Waals surface area contributed by atoms with Gasteiger partial charge in [-0.1, -0.05) is 28.8 Å². The van der Waals surface area contributed by atoms with Crippen molar-refractivity contribution in [2.24, 2.45) is 0 Å². The third-order valence-electron chi connectivity index (χ3n) is 3.18. The molecule has 23 heavy (non-hydrogen) atoms. The van der Waals surface area contributed by atoms with Crippen LogP contribution in [0.15, 0.2) is 52.9 Å². The molecule has 0 spiro atoms. The van der Waals surface area contributed by atoms with Crippen LogP contribution in [0.25, 0.3) is 0 Å². The maximum atomic E-state index is 5.85. The highest BCUT2D eigenvalue weighted by atomic mass is 35.5. The van der Waals surface area contributed by atoms with E-state index in [4.69, 9.17) is 20.8 Å². The number of halogens is 1. The van der Waals surface area contributed by atoms with Gasteiger partial charge in [0.15, 0.2) is 6.10 Å². The second kappa shape index (κ2) is 6.71. The van der Waals surface area contributed by atoms with E-state index in [1.54, 1.807) is 24.3 Å². The second-order valence-corrected chi connectivity index (χ2v) is 5.59. The minimum Gasteiger partial charge on any atom is -0.481 e. The molecule has 2 aromatic carbocycles. The molecule has 1 heterocycles.